The monoisotopic (exact) mass is 325 g/mol. The zero-order valence-corrected chi connectivity index (χ0v) is 14.0. The number of thioether (sulfide) groups is 1. The number of hydrogen-bond acceptors (Lipinski definition) is 3. The standard InChI is InChI=1S/C17H24FNO2S/c1-12(22-2)10-17(21)19-9-3-4-15(19)11-16(20)13-5-7-14(18)8-6-13/h5-8,12,15-16,20H,3-4,9-11H2,1-2H3. The number of halogens is 1. The molecule has 0 aromatic heterocycles. The molecule has 0 saturated carbocycles. The summed E-state index contributed by atoms with van der Waals surface area (Å²) in [5, 5.41) is 10.7. The maximum absolute atomic E-state index is 12.9. The SMILES string of the molecule is CSC(C)CC(=O)N1CCCC1CC(O)c1ccc(F)cc1. The van der Waals surface area contributed by atoms with Gasteiger partial charge in [-0.2, -0.15) is 11.8 Å². The zero-order chi connectivity index (χ0) is 16.1. The van der Waals surface area contributed by atoms with Gasteiger partial charge in [0.15, 0.2) is 0 Å². The Balaban J connectivity index is 1.95. The van der Waals surface area contributed by atoms with Crippen molar-refractivity contribution in [3.63, 3.8) is 0 Å². The Morgan fingerprint density at radius 3 is 2.77 bits per heavy atom. The lowest BCUT2D eigenvalue weighted by atomic mass is 10.0. The second-order valence-corrected chi connectivity index (χ2v) is 7.21. The van der Waals surface area contributed by atoms with E-state index in [0.29, 0.717) is 23.7 Å². The molecule has 3 atom stereocenters. The number of nitrogens with zero attached hydrogens (tertiary/aromatic N) is 1. The summed E-state index contributed by atoms with van der Waals surface area (Å²) < 4.78 is 12.9. The number of amides is 1. The van der Waals surface area contributed by atoms with Gasteiger partial charge in [0, 0.05) is 24.3 Å². The van der Waals surface area contributed by atoms with Crippen LogP contribution in [0.3, 0.4) is 0 Å². The quantitative estimate of drug-likeness (QED) is 0.871. The van der Waals surface area contributed by atoms with Crippen LogP contribution in [-0.2, 0) is 4.79 Å². The van der Waals surface area contributed by atoms with Gasteiger partial charge in [-0.25, -0.2) is 4.39 Å². The van der Waals surface area contributed by atoms with Crippen LogP contribution >= 0.6 is 11.8 Å². The van der Waals surface area contributed by atoms with Gasteiger partial charge in [0.25, 0.3) is 0 Å². The molecule has 0 aliphatic carbocycles. The van der Waals surface area contributed by atoms with Crippen molar-refractivity contribution in [3.05, 3.63) is 35.6 Å². The molecule has 2 rings (SSSR count). The van der Waals surface area contributed by atoms with E-state index in [4.69, 9.17) is 0 Å². The van der Waals surface area contributed by atoms with Crippen molar-refractivity contribution in [2.45, 2.75) is 50.0 Å². The maximum atomic E-state index is 12.9. The molecule has 1 aromatic carbocycles. The van der Waals surface area contributed by atoms with Crippen LogP contribution in [0.15, 0.2) is 24.3 Å². The number of likely N-dealkylation sites (tertiary alicyclic amines) is 1. The number of benzene rings is 1. The van der Waals surface area contributed by atoms with Crippen molar-refractivity contribution < 1.29 is 14.3 Å². The fourth-order valence-corrected chi connectivity index (χ4v) is 3.24. The highest BCUT2D eigenvalue weighted by molar-refractivity contribution is 7.99. The Kier molecular flexibility index (Phi) is 6.26. The molecule has 1 saturated heterocycles. The van der Waals surface area contributed by atoms with Gasteiger partial charge < -0.3 is 10.0 Å². The van der Waals surface area contributed by atoms with Gasteiger partial charge in [-0.15, -0.1) is 0 Å². The smallest absolute Gasteiger partial charge is 0.223 e. The van der Waals surface area contributed by atoms with Crippen molar-refractivity contribution in [2.75, 3.05) is 12.8 Å². The summed E-state index contributed by atoms with van der Waals surface area (Å²) in [5.74, 6) is -0.129. The number of rotatable bonds is 6. The van der Waals surface area contributed by atoms with Gasteiger partial charge in [-0.3, -0.25) is 4.79 Å². The maximum Gasteiger partial charge on any atom is 0.223 e. The first-order chi connectivity index (χ1) is 10.5. The van der Waals surface area contributed by atoms with E-state index in [0.717, 1.165) is 19.4 Å². The number of carbonyl (C=O) groups excluding carboxylic acids is 1. The average Bonchev–Trinajstić information content (AvgIpc) is 2.95. The first-order valence-corrected chi connectivity index (χ1v) is 9.06. The summed E-state index contributed by atoms with van der Waals surface area (Å²) >= 11 is 1.69. The fourth-order valence-electron chi connectivity index (χ4n) is 2.93. The summed E-state index contributed by atoms with van der Waals surface area (Å²) in [6.45, 7) is 2.84. The summed E-state index contributed by atoms with van der Waals surface area (Å²) in [4.78, 5) is 14.3. The predicted molar refractivity (Wildman–Crippen MR) is 88.3 cm³/mol. The highest BCUT2D eigenvalue weighted by atomic mass is 32.2. The van der Waals surface area contributed by atoms with Crippen LogP contribution in [0.4, 0.5) is 4.39 Å². The third-order valence-electron chi connectivity index (χ3n) is 4.31. The lowest BCUT2D eigenvalue weighted by Gasteiger charge is -2.27. The van der Waals surface area contributed by atoms with Gasteiger partial charge in [-0.05, 0) is 43.2 Å². The minimum absolute atomic E-state index is 0.0848. The molecule has 1 aliphatic rings. The molecule has 3 nitrogen and oxygen atoms in total. The third-order valence-corrected chi connectivity index (χ3v) is 5.28. The van der Waals surface area contributed by atoms with Crippen molar-refractivity contribution in [2.24, 2.45) is 0 Å². The molecule has 122 valence electrons. The minimum atomic E-state index is -0.656. The molecule has 3 unspecified atom stereocenters. The van der Waals surface area contributed by atoms with Crippen LogP contribution in [-0.4, -0.2) is 40.0 Å². The van der Waals surface area contributed by atoms with Gasteiger partial charge in [0.05, 0.1) is 6.10 Å². The molecule has 1 N–H and O–H groups in total. The van der Waals surface area contributed by atoms with Crippen LogP contribution in [0.5, 0.6) is 0 Å². The van der Waals surface area contributed by atoms with E-state index in [9.17, 15) is 14.3 Å². The van der Waals surface area contributed by atoms with Crippen molar-refractivity contribution >= 4 is 17.7 Å². The summed E-state index contributed by atoms with van der Waals surface area (Å²) in [7, 11) is 0. The molecule has 1 heterocycles. The van der Waals surface area contributed by atoms with Crippen LogP contribution in [0, 0.1) is 5.82 Å². The number of hydrogen-bond donors (Lipinski definition) is 1. The van der Waals surface area contributed by atoms with Gasteiger partial charge in [0.2, 0.25) is 5.91 Å². The Morgan fingerprint density at radius 2 is 2.14 bits per heavy atom. The van der Waals surface area contributed by atoms with Crippen molar-refractivity contribution in [3.8, 4) is 0 Å². The molecule has 0 spiro atoms. The molecule has 1 aromatic rings. The average molecular weight is 325 g/mol. The molecule has 5 heteroatoms. The Labute approximate surface area is 135 Å². The number of aliphatic hydroxyl groups is 1. The van der Waals surface area contributed by atoms with Crippen molar-refractivity contribution in [1.29, 1.82) is 0 Å². The van der Waals surface area contributed by atoms with E-state index >= 15 is 0 Å². The van der Waals surface area contributed by atoms with E-state index < -0.39 is 6.10 Å². The van der Waals surface area contributed by atoms with Crippen LogP contribution < -0.4 is 0 Å². The molecule has 0 radical (unpaired) electrons. The number of aliphatic hydroxyl groups excluding tert-OH is 1. The minimum Gasteiger partial charge on any atom is -0.388 e. The van der Waals surface area contributed by atoms with Gasteiger partial charge in [-0.1, -0.05) is 19.1 Å². The zero-order valence-electron chi connectivity index (χ0n) is 13.2. The first-order valence-electron chi connectivity index (χ1n) is 7.77. The second kappa shape index (κ2) is 7.97. The Bertz CT molecular complexity index is 494. The summed E-state index contributed by atoms with van der Waals surface area (Å²) in [5.41, 5.74) is 0.707. The molecular formula is C17H24FNO2S. The third kappa shape index (κ3) is 4.46. The van der Waals surface area contributed by atoms with E-state index in [2.05, 4.69) is 6.92 Å². The lowest BCUT2D eigenvalue weighted by molar-refractivity contribution is -0.132. The number of carbonyl (C=O) groups is 1. The lowest BCUT2D eigenvalue weighted by Crippen LogP contribution is -2.37. The molecule has 0 bridgehead atoms. The highest BCUT2D eigenvalue weighted by Gasteiger charge is 2.31. The van der Waals surface area contributed by atoms with Crippen LogP contribution in [0.2, 0.25) is 0 Å². The molecular weight excluding hydrogens is 301 g/mol. The Morgan fingerprint density at radius 1 is 1.45 bits per heavy atom. The topological polar surface area (TPSA) is 40.5 Å². The van der Waals surface area contributed by atoms with E-state index in [1.54, 1.807) is 23.9 Å². The molecule has 1 fully saturated rings. The summed E-state index contributed by atoms with van der Waals surface area (Å²) in [6, 6.07) is 6.02. The van der Waals surface area contributed by atoms with Crippen molar-refractivity contribution in [1.82, 2.24) is 4.90 Å². The van der Waals surface area contributed by atoms with Crippen LogP contribution in [0.1, 0.15) is 44.3 Å². The van der Waals surface area contributed by atoms with E-state index in [-0.39, 0.29) is 17.8 Å². The largest absolute Gasteiger partial charge is 0.388 e. The normalized spacial score (nSPS) is 20.9. The molecule has 1 aliphatic heterocycles. The van der Waals surface area contributed by atoms with E-state index in [1.807, 2.05) is 11.2 Å². The summed E-state index contributed by atoms with van der Waals surface area (Å²) in [6.07, 6.45) is 4.34. The molecule has 1 amide bonds. The molecule has 22 heavy (non-hydrogen) atoms. The van der Waals surface area contributed by atoms with Gasteiger partial charge in [0.1, 0.15) is 5.82 Å². The van der Waals surface area contributed by atoms with E-state index in [1.165, 1.54) is 12.1 Å². The Hall–Kier alpha value is -1.07. The van der Waals surface area contributed by atoms with Gasteiger partial charge >= 0.3 is 0 Å². The predicted octanol–water partition coefficient (Wildman–Crippen LogP) is 3.38. The highest BCUT2D eigenvalue weighted by Crippen LogP contribution is 2.28. The fraction of sp³-hybridized carbons (Fsp3) is 0.588. The van der Waals surface area contributed by atoms with Crippen LogP contribution in [0.25, 0.3) is 0 Å². The second-order valence-electron chi connectivity index (χ2n) is 5.94. The first kappa shape index (κ1) is 17.3.